The fourth-order valence-electron chi connectivity index (χ4n) is 2.13. The molecule has 0 atom stereocenters. The minimum absolute atomic E-state index is 0.265. The van der Waals surface area contributed by atoms with Crippen LogP contribution in [0.1, 0.15) is 5.56 Å². The van der Waals surface area contributed by atoms with Crippen molar-refractivity contribution in [3.63, 3.8) is 0 Å². The smallest absolute Gasteiger partial charge is 0.187 e. The van der Waals surface area contributed by atoms with Gasteiger partial charge in [-0.25, -0.2) is 4.98 Å². The van der Waals surface area contributed by atoms with E-state index in [0.717, 1.165) is 33.4 Å². The predicted octanol–water partition coefficient (Wildman–Crippen LogP) is 4.58. The fourth-order valence-corrected chi connectivity index (χ4v) is 2.86. The zero-order valence-electron chi connectivity index (χ0n) is 12.3. The van der Waals surface area contributed by atoms with Gasteiger partial charge in [0.25, 0.3) is 0 Å². The number of aromatic hydroxyl groups is 1. The Morgan fingerprint density at radius 2 is 1.91 bits per heavy atom. The van der Waals surface area contributed by atoms with Gasteiger partial charge in [-0.3, -0.25) is 0 Å². The van der Waals surface area contributed by atoms with Gasteiger partial charge in [0, 0.05) is 16.6 Å². The number of phenolic OH excluding ortho intramolecular Hbond substituents is 1. The molecule has 0 bridgehead atoms. The second kappa shape index (κ2) is 6.07. The molecule has 0 aliphatic rings. The Bertz CT molecular complexity index is 782. The second-order valence-corrected chi connectivity index (χ2v) is 5.75. The van der Waals surface area contributed by atoms with Crippen molar-refractivity contribution in [3.8, 4) is 22.8 Å². The van der Waals surface area contributed by atoms with Crippen LogP contribution in [-0.2, 0) is 0 Å². The van der Waals surface area contributed by atoms with Crippen molar-refractivity contribution in [3.05, 3.63) is 53.4 Å². The molecule has 112 valence electrons. The third kappa shape index (κ3) is 3.04. The van der Waals surface area contributed by atoms with Crippen molar-refractivity contribution in [2.24, 2.45) is 0 Å². The van der Waals surface area contributed by atoms with Crippen LogP contribution in [0.5, 0.6) is 11.5 Å². The van der Waals surface area contributed by atoms with E-state index in [-0.39, 0.29) is 5.75 Å². The van der Waals surface area contributed by atoms with E-state index >= 15 is 0 Å². The number of nitrogens with zero attached hydrogens (tertiary/aromatic N) is 1. The minimum atomic E-state index is 0.265. The predicted molar refractivity (Wildman–Crippen MR) is 90.2 cm³/mol. The molecular formula is C17H16N2O2S. The number of phenols is 1. The molecule has 22 heavy (non-hydrogen) atoms. The van der Waals surface area contributed by atoms with Crippen LogP contribution in [0.4, 0.5) is 10.8 Å². The summed E-state index contributed by atoms with van der Waals surface area (Å²) in [5.41, 5.74) is 3.88. The van der Waals surface area contributed by atoms with Crippen LogP contribution < -0.4 is 10.1 Å². The van der Waals surface area contributed by atoms with Crippen molar-refractivity contribution in [2.75, 3.05) is 12.4 Å². The lowest BCUT2D eigenvalue weighted by molar-refractivity contribution is 0.415. The summed E-state index contributed by atoms with van der Waals surface area (Å²) in [6.07, 6.45) is 0. The first-order valence-electron chi connectivity index (χ1n) is 6.82. The molecule has 2 aromatic carbocycles. The van der Waals surface area contributed by atoms with E-state index in [1.165, 1.54) is 0 Å². The Morgan fingerprint density at radius 1 is 1.14 bits per heavy atom. The Morgan fingerprint density at radius 3 is 2.59 bits per heavy atom. The van der Waals surface area contributed by atoms with E-state index in [9.17, 15) is 5.11 Å². The maximum absolute atomic E-state index is 9.45. The van der Waals surface area contributed by atoms with Gasteiger partial charge >= 0.3 is 0 Å². The SMILES string of the molecule is COc1ccc(-c2csc(Nc3ccc(O)cc3C)n2)cc1. The summed E-state index contributed by atoms with van der Waals surface area (Å²) >= 11 is 1.55. The average molecular weight is 312 g/mol. The van der Waals surface area contributed by atoms with E-state index in [1.807, 2.05) is 42.6 Å². The van der Waals surface area contributed by atoms with Gasteiger partial charge in [-0.1, -0.05) is 0 Å². The lowest BCUT2D eigenvalue weighted by atomic mass is 10.2. The van der Waals surface area contributed by atoms with Crippen LogP contribution in [0.2, 0.25) is 0 Å². The highest BCUT2D eigenvalue weighted by atomic mass is 32.1. The van der Waals surface area contributed by atoms with Gasteiger partial charge in [-0.2, -0.15) is 0 Å². The van der Waals surface area contributed by atoms with Crippen LogP contribution in [0, 0.1) is 6.92 Å². The standard InChI is InChI=1S/C17H16N2O2S/c1-11-9-13(20)5-8-15(11)18-17-19-16(10-22-17)12-3-6-14(21-2)7-4-12/h3-10,20H,1-2H3,(H,18,19). The number of anilines is 2. The Kier molecular flexibility index (Phi) is 3.98. The number of methoxy groups -OCH3 is 1. The van der Waals surface area contributed by atoms with Gasteiger partial charge in [-0.15, -0.1) is 11.3 Å². The largest absolute Gasteiger partial charge is 0.508 e. The van der Waals surface area contributed by atoms with Gasteiger partial charge in [0.2, 0.25) is 0 Å². The number of thiazole rings is 1. The number of aryl methyl sites for hydroxylation is 1. The third-order valence-electron chi connectivity index (χ3n) is 3.34. The topological polar surface area (TPSA) is 54.4 Å². The summed E-state index contributed by atoms with van der Waals surface area (Å²) in [4.78, 5) is 4.60. The first-order valence-corrected chi connectivity index (χ1v) is 7.70. The summed E-state index contributed by atoms with van der Waals surface area (Å²) in [7, 11) is 1.65. The number of aromatic nitrogens is 1. The van der Waals surface area contributed by atoms with Gasteiger partial charge in [0.1, 0.15) is 11.5 Å². The number of hydrogen-bond donors (Lipinski definition) is 2. The van der Waals surface area contributed by atoms with Gasteiger partial charge in [0.05, 0.1) is 12.8 Å². The quantitative estimate of drug-likeness (QED) is 0.693. The number of benzene rings is 2. The summed E-state index contributed by atoms with van der Waals surface area (Å²) < 4.78 is 5.16. The number of rotatable bonds is 4. The molecule has 1 heterocycles. The van der Waals surface area contributed by atoms with Crippen molar-refractivity contribution >= 4 is 22.2 Å². The zero-order chi connectivity index (χ0) is 15.5. The summed E-state index contributed by atoms with van der Waals surface area (Å²) in [5.74, 6) is 1.10. The lowest BCUT2D eigenvalue weighted by Gasteiger charge is -2.06. The molecule has 0 amide bonds. The highest BCUT2D eigenvalue weighted by Crippen LogP contribution is 2.30. The van der Waals surface area contributed by atoms with Crippen molar-refractivity contribution < 1.29 is 9.84 Å². The molecule has 0 aliphatic carbocycles. The molecule has 3 rings (SSSR count). The van der Waals surface area contributed by atoms with E-state index in [4.69, 9.17) is 4.74 Å². The molecule has 0 fully saturated rings. The number of ether oxygens (including phenoxy) is 1. The Hall–Kier alpha value is -2.53. The van der Waals surface area contributed by atoms with Crippen molar-refractivity contribution in [1.82, 2.24) is 4.98 Å². The van der Waals surface area contributed by atoms with Gasteiger partial charge in [0.15, 0.2) is 5.13 Å². The Balaban J connectivity index is 1.81. The highest BCUT2D eigenvalue weighted by Gasteiger charge is 2.07. The van der Waals surface area contributed by atoms with Gasteiger partial charge < -0.3 is 15.2 Å². The molecule has 0 spiro atoms. The number of nitrogens with one attached hydrogen (secondary N) is 1. The van der Waals surface area contributed by atoms with Crippen molar-refractivity contribution in [1.29, 1.82) is 0 Å². The van der Waals surface area contributed by atoms with Gasteiger partial charge in [-0.05, 0) is 55.0 Å². The molecule has 4 nitrogen and oxygen atoms in total. The molecule has 0 unspecified atom stereocenters. The van der Waals surface area contributed by atoms with Crippen LogP contribution in [-0.4, -0.2) is 17.2 Å². The third-order valence-corrected chi connectivity index (χ3v) is 4.10. The molecular weight excluding hydrogens is 296 g/mol. The lowest BCUT2D eigenvalue weighted by Crippen LogP contribution is -1.92. The number of hydrogen-bond acceptors (Lipinski definition) is 5. The molecule has 2 N–H and O–H groups in total. The van der Waals surface area contributed by atoms with E-state index in [1.54, 1.807) is 30.6 Å². The van der Waals surface area contributed by atoms with E-state index < -0.39 is 0 Å². The molecule has 0 aliphatic heterocycles. The van der Waals surface area contributed by atoms with E-state index in [0.29, 0.717) is 0 Å². The average Bonchev–Trinajstić information content (AvgIpc) is 2.99. The van der Waals surface area contributed by atoms with E-state index in [2.05, 4.69) is 10.3 Å². The van der Waals surface area contributed by atoms with Crippen LogP contribution in [0.25, 0.3) is 11.3 Å². The zero-order valence-corrected chi connectivity index (χ0v) is 13.1. The molecule has 0 radical (unpaired) electrons. The van der Waals surface area contributed by atoms with Crippen LogP contribution >= 0.6 is 11.3 Å². The summed E-state index contributed by atoms with van der Waals surface area (Å²) in [6, 6.07) is 13.1. The normalized spacial score (nSPS) is 10.5. The monoisotopic (exact) mass is 312 g/mol. The van der Waals surface area contributed by atoms with Crippen LogP contribution in [0.15, 0.2) is 47.8 Å². The molecule has 0 saturated carbocycles. The molecule has 1 aromatic heterocycles. The summed E-state index contributed by atoms with van der Waals surface area (Å²) in [6.45, 7) is 1.94. The Labute approximate surface area is 133 Å². The first-order chi connectivity index (χ1) is 10.7. The fraction of sp³-hybridized carbons (Fsp3) is 0.118. The van der Waals surface area contributed by atoms with Crippen LogP contribution in [0.3, 0.4) is 0 Å². The maximum Gasteiger partial charge on any atom is 0.187 e. The van der Waals surface area contributed by atoms with Crippen molar-refractivity contribution in [2.45, 2.75) is 6.92 Å². The first kappa shape index (κ1) is 14.4. The summed E-state index contributed by atoms with van der Waals surface area (Å²) in [5, 5.41) is 15.6. The molecule has 5 heteroatoms. The molecule has 3 aromatic rings. The highest BCUT2D eigenvalue weighted by molar-refractivity contribution is 7.14. The second-order valence-electron chi connectivity index (χ2n) is 4.89. The maximum atomic E-state index is 9.45. The molecule has 0 saturated heterocycles. The minimum Gasteiger partial charge on any atom is -0.508 e.